The van der Waals surface area contributed by atoms with E-state index >= 15 is 0 Å². The molecule has 0 radical (unpaired) electrons. The fourth-order valence-electron chi connectivity index (χ4n) is 6.16. The molecule has 0 atom stereocenters. The Morgan fingerprint density at radius 1 is 0.838 bits per heavy atom. The van der Waals surface area contributed by atoms with Gasteiger partial charge in [0.25, 0.3) is 0 Å². The summed E-state index contributed by atoms with van der Waals surface area (Å²) in [7, 11) is 2.16. The van der Waals surface area contributed by atoms with Gasteiger partial charge in [0.05, 0.1) is 10.9 Å². The van der Waals surface area contributed by atoms with E-state index in [-0.39, 0.29) is 10.8 Å². The van der Waals surface area contributed by atoms with Crippen molar-refractivity contribution in [1.82, 2.24) is 4.98 Å². The first kappa shape index (κ1) is 23.9. The lowest BCUT2D eigenvalue weighted by Crippen LogP contribution is -2.32. The Bertz CT molecular complexity index is 1730. The quantitative estimate of drug-likeness (QED) is 0.180. The summed E-state index contributed by atoms with van der Waals surface area (Å²) in [6, 6.07) is 15.4. The third-order valence-corrected chi connectivity index (χ3v) is 7.57. The second-order valence-electron chi connectivity index (χ2n) is 13.2. The fourth-order valence-corrected chi connectivity index (χ4v) is 6.16. The molecule has 3 heteroatoms. The number of fused-ring (bicyclic) bond motifs is 5. The van der Waals surface area contributed by atoms with Gasteiger partial charge < -0.3 is 4.74 Å². The molecule has 37 heavy (non-hydrogen) atoms. The first-order chi connectivity index (χ1) is 17.4. The molecule has 0 unspecified atom stereocenters. The van der Waals surface area contributed by atoms with Crippen LogP contribution in [0.25, 0.3) is 43.6 Å². The minimum absolute atomic E-state index is 0.126. The number of benzene rings is 3. The normalized spacial score (nSPS) is 13.3. The van der Waals surface area contributed by atoms with Crippen LogP contribution in [0.15, 0.2) is 54.9 Å². The zero-order chi connectivity index (χ0) is 26.3. The number of hydrogen-bond acceptors (Lipinski definition) is 2. The molecule has 0 amide bonds. The molecule has 0 saturated heterocycles. The number of ether oxygens (including phenoxy) is 1. The van der Waals surface area contributed by atoms with Gasteiger partial charge in [0.15, 0.2) is 6.20 Å². The summed E-state index contributed by atoms with van der Waals surface area (Å²) in [6.45, 7) is 16.0. The van der Waals surface area contributed by atoms with Crippen molar-refractivity contribution in [2.45, 2.75) is 61.3 Å². The Labute approximate surface area is 220 Å². The van der Waals surface area contributed by atoms with Crippen molar-refractivity contribution in [3.63, 3.8) is 0 Å². The van der Waals surface area contributed by atoms with Crippen LogP contribution < -0.4 is 9.30 Å². The fraction of sp³-hybridized carbons (Fsp3) is 0.353. The van der Waals surface area contributed by atoms with Crippen molar-refractivity contribution < 1.29 is 9.30 Å². The third kappa shape index (κ3) is 3.87. The number of pyridine rings is 2. The lowest BCUT2D eigenvalue weighted by Gasteiger charge is -2.28. The van der Waals surface area contributed by atoms with Gasteiger partial charge in [0.1, 0.15) is 18.5 Å². The smallest absolute Gasteiger partial charge is 0.228 e. The second kappa shape index (κ2) is 8.02. The summed E-state index contributed by atoms with van der Waals surface area (Å²) < 4.78 is 9.26. The minimum Gasteiger partial charge on any atom is -0.455 e. The van der Waals surface area contributed by atoms with Crippen LogP contribution >= 0.6 is 0 Å². The van der Waals surface area contributed by atoms with Crippen LogP contribution in [0.2, 0.25) is 0 Å². The first-order valence-corrected chi connectivity index (χ1v) is 13.4. The van der Waals surface area contributed by atoms with Crippen molar-refractivity contribution in [1.29, 1.82) is 0 Å². The number of nitrogens with zero attached hydrogens (tertiary/aromatic N) is 2. The molecule has 188 valence electrons. The van der Waals surface area contributed by atoms with Gasteiger partial charge in [-0.3, -0.25) is 4.98 Å². The van der Waals surface area contributed by atoms with Crippen molar-refractivity contribution in [3.05, 3.63) is 71.7 Å². The highest BCUT2D eigenvalue weighted by atomic mass is 16.5. The summed E-state index contributed by atoms with van der Waals surface area (Å²) in [5, 5.41) is 7.45. The number of aryl methyl sites for hydroxylation is 2. The Morgan fingerprint density at radius 2 is 1.54 bits per heavy atom. The van der Waals surface area contributed by atoms with E-state index in [2.05, 4.69) is 109 Å². The average molecular weight is 490 g/mol. The molecular weight excluding hydrogens is 452 g/mol. The van der Waals surface area contributed by atoms with Crippen LogP contribution in [0.1, 0.15) is 58.4 Å². The van der Waals surface area contributed by atoms with E-state index < -0.39 is 0 Å². The molecule has 0 N–H and O–H groups in total. The number of aromatic nitrogens is 2. The molecule has 0 saturated carbocycles. The van der Waals surface area contributed by atoms with E-state index in [9.17, 15) is 0 Å². The summed E-state index contributed by atoms with van der Waals surface area (Å²) in [6.07, 6.45) is 6.03. The molecular formula is C34H37N2O+. The maximum atomic E-state index is 6.99. The van der Waals surface area contributed by atoms with Crippen LogP contribution in [0, 0.1) is 17.8 Å². The van der Waals surface area contributed by atoms with E-state index in [4.69, 9.17) is 9.72 Å². The summed E-state index contributed by atoms with van der Waals surface area (Å²) in [4.78, 5) is 4.88. The van der Waals surface area contributed by atoms with Crippen LogP contribution in [-0.2, 0) is 19.9 Å². The highest BCUT2D eigenvalue weighted by Crippen LogP contribution is 2.53. The Morgan fingerprint density at radius 3 is 2.24 bits per heavy atom. The van der Waals surface area contributed by atoms with Crippen molar-refractivity contribution >= 4 is 32.3 Å². The van der Waals surface area contributed by atoms with Gasteiger partial charge in [-0.1, -0.05) is 65.8 Å². The molecule has 3 nitrogen and oxygen atoms in total. The molecule has 5 aromatic rings. The van der Waals surface area contributed by atoms with Crippen molar-refractivity contribution in [2.24, 2.45) is 17.9 Å². The average Bonchev–Trinajstić information content (AvgIpc) is 2.81. The maximum absolute atomic E-state index is 6.99. The van der Waals surface area contributed by atoms with Crippen LogP contribution in [-0.4, -0.2) is 4.98 Å². The summed E-state index contributed by atoms with van der Waals surface area (Å²) in [5.74, 6) is 1.96. The van der Waals surface area contributed by atoms with E-state index in [0.29, 0.717) is 0 Å². The van der Waals surface area contributed by atoms with E-state index in [0.717, 1.165) is 30.0 Å². The van der Waals surface area contributed by atoms with Crippen molar-refractivity contribution in [3.8, 4) is 22.8 Å². The van der Waals surface area contributed by atoms with E-state index in [1.54, 1.807) is 0 Å². The SMILES string of the molecule is Cc1c2c(c(CC(C)(C)C)c3ccccc13)Oc1cc3ccnc(CC(C)(C)C)c3c3cc[n+](C)c-2c13. The van der Waals surface area contributed by atoms with Crippen LogP contribution in [0.5, 0.6) is 11.5 Å². The van der Waals surface area contributed by atoms with Crippen molar-refractivity contribution in [2.75, 3.05) is 0 Å². The summed E-state index contributed by atoms with van der Waals surface area (Å²) >= 11 is 0. The lowest BCUT2D eigenvalue weighted by atomic mass is 9.81. The van der Waals surface area contributed by atoms with Crippen LogP contribution in [0.3, 0.4) is 0 Å². The minimum atomic E-state index is 0.126. The van der Waals surface area contributed by atoms with Gasteiger partial charge in [-0.2, -0.15) is 0 Å². The molecule has 0 aliphatic carbocycles. The van der Waals surface area contributed by atoms with Gasteiger partial charge >= 0.3 is 0 Å². The van der Waals surface area contributed by atoms with Crippen LogP contribution in [0.4, 0.5) is 0 Å². The highest BCUT2D eigenvalue weighted by molar-refractivity contribution is 6.17. The predicted molar refractivity (Wildman–Crippen MR) is 154 cm³/mol. The zero-order valence-corrected chi connectivity index (χ0v) is 23.4. The molecule has 3 aromatic carbocycles. The predicted octanol–water partition coefficient (Wildman–Crippen LogP) is 8.62. The Kier molecular flexibility index (Phi) is 5.18. The molecule has 1 aliphatic heterocycles. The second-order valence-corrected chi connectivity index (χ2v) is 13.2. The van der Waals surface area contributed by atoms with Gasteiger partial charge in [0, 0.05) is 34.3 Å². The Balaban J connectivity index is 1.77. The maximum Gasteiger partial charge on any atom is 0.228 e. The highest BCUT2D eigenvalue weighted by Gasteiger charge is 2.34. The molecule has 2 aromatic heterocycles. The third-order valence-electron chi connectivity index (χ3n) is 7.57. The van der Waals surface area contributed by atoms with E-state index in [1.165, 1.54) is 54.7 Å². The van der Waals surface area contributed by atoms with Gasteiger partial charge in [0.2, 0.25) is 5.69 Å². The standard InChI is InChI=1S/C34H37N2O/c1-20-22-11-9-10-12-23(22)25(18-33(2,3)4)32-28(20)31-30-24(14-16-36(31)8)29-21(17-27(30)37-32)13-15-35-26(29)19-34(5,6)7/h9-17H,18-19H2,1-8H3/q+1. The zero-order valence-electron chi connectivity index (χ0n) is 23.4. The number of hydrogen-bond donors (Lipinski definition) is 0. The molecule has 3 heterocycles. The van der Waals surface area contributed by atoms with Gasteiger partial charge in [-0.15, -0.1) is 0 Å². The first-order valence-electron chi connectivity index (χ1n) is 13.4. The largest absolute Gasteiger partial charge is 0.455 e. The molecule has 1 aliphatic rings. The molecule has 0 spiro atoms. The van der Waals surface area contributed by atoms with E-state index in [1.807, 2.05) is 6.20 Å². The van der Waals surface area contributed by atoms with Gasteiger partial charge in [-0.05, 0) is 64.5 Å². The van der Waals surface area contributed by atoms with Gasteiger partial charge in [-0.25, -0.2) is 4.57 Å². The Hall–Kier alpha value is -3.46. The number of rotatable bonds is 2. The lowest BCUT2D eigenvalue weighted by molar-refractivity contribution is -0.659. The molecule has 0 bridgehead atoms. The molecule has 6 rings (SSSR count). The monoisotopic (exact) mass is 489 g/mol. The summed E-state index contributed by atoms with van der Waals surface area (Å²) in [5.41, 5.74) is 6.46. The topological polar surface area (TPSA) is 26.0 Å². The molecule has 0 fully saturated rings.